The number of rotatable bonds is 3. The minimum absolute atomic E-state index is 0.0278. The molecule has 0 unspecified atom stereocenters. The summed E-state index contributed by atoms with van der Waals surface area (Å²) in [5.74, 6) is -0.301. The van der Waals surface area contributed by atoms with Gasteiger partial charge >= 0.3 is 11.9 Å². The van der Waals surface area contributed by atoms with Gasteiger partial charge in [-0.1, -0.05) is 38.5 Å². The van der Waals surface area contributed by atoms with E-state index in [4.69, 9.17) is 4.74 Å². The second-order valence-electron chi connectivity index (χ2n) is 11.0. The van der Waals surface area contributed by atoms with Gasteiger partial charge in [0.1, 0.15) is 6.10 Å². The third kappa shape index (κ3) is 2.63. The van der Waals surface area contributed by atoms with E-state index in [0.29, 0.717) is 11.5 Å². The lowest BCUT2D eigenvalue weighted by Gasteiger charge is -2.65. The molecule has 0 aliphatic heterocycles. The first-order chi connectivity index (χ1) is 13.5. The fourth-order valence-corrected chi connectivity index (χ4v) is 7.89. The van der Waals surface area contributed by atoms with Crippen LogP contribution in [0.4, 0.5) is 0 Å². The Hall–Kier alpha value is -1.58. The van der Waals surface area contributed by atoms with Gasteiger partial charge in [0.25, 0.3) is 0 Å². The summed E-state index contributed by atoms with van der Waals surface area (Å²) in [5.41, 5.74) is -0.291. The molecule has 1 spiro atoms. The van der Waals surface area contributed by atoms with Crippen molar-refractivity contribution in [3.63, 3.8) is 0 Å². The fourth-order valence-electron chi connectivity index (χ4n) is 7.89. The lowest BCUT2D eigenvalue weighted by molar-refractivity contribution is -0.208. The summed E-state index contributed by atoms with van der Waals surface area (Å²) >= 11 is 0. The second kappa shape index (κ2) is 6.46. The van der Waals surface area contributed by atoms with E-state index in [9.17, 15) is 14.7 Å². The van der Waals surface area contributed by atoms with Crippen LogP contribution in [0, 0.1) is 33.5 Å². The van der Waals surface area contributed by atoms with E-state index in [1.54, 1.807) is 0 Å². The van der Waals surface area contributed by atoms with Gasteiger partial charge < -0.3 is 9.84 Å². The molecule has 0 aromatic rings. The number of aliphatic carboxylic acids is 1. The topological polar surface area (TPSA) is 63.6 Å². The van der Waals surface area contributed by atoms with Crippen molar-refractivity contribution >= 4 is 11.9 Å². The zero-order valence-corrected chi connectivity index (χ0v) is 18.6. The van der Waals surface area contributed by atoms with Crippen LogP contribution in [0.15, 0.2) is 23.8 Å². The van der Waals surface area contributed by atoms with Gasteiger partial charge in [-0.25, -0.2) is 4.79 Å². The number of carbonyl (C=O) groups is 2. The molecule has 0 heterocycles. The van der Waals surface area contributed by atoms with Gasteiger partial charge in [-0.15, -0.1) is 0 Å². The van der Waals surface area contributed by atoms with Gasteiger partial charge in [0.15, 0.2) is 0 Å². The van der Waals surface area contributed by atoms with E-state index in [1.807, 2.05) is 26.8 Å². The SMILES string of the molecule is C/C=C(\C)C(=O)O[C@@H]1[C@]23C=C[C@@]1(C)CC[C@H]2[C@]1(C)CCC[C@@](C)(C(=O)O)[C@H]1CC3. The van der Waals surface area contributed by atoms with Crippen LogP contribution in [0.3, 0.4) is 0 Å². The Morgan fingerprint density at radius 3 is 2.38 bits per heavy atom. The molecule has 0 saturated heterocycles. The molecule has 4 heteroatoms. The highest BCUT2D eigenvalue weighted by Crippen LogP contribution is 2.72. The molecule has 0 radical (unpaired) electrons. The predicted molar refractivity (Wildman–Crippen MR) is 112 cm³/mol. The molecule has 4 rings (SSSR count). The van der Waals surface area contributed by atoms with Crippen molar-refractivity contribution in [2.75, 3.05) is 0 Å². The third-order valence-electron chi connectivity index (χ3n) is 9.59. The maximum atomic E-state index is 12.7. The fraction of sp³-hybridized carbons (Fsp3) is 0.760. The minimum Gasteiger partial charge on any atom is -0.481 e. The Labute approximate surface area is 174 Å². The molecule has 0 aromatic carbocycles. The molecule has 0 aromatic heterocycles. The van der Waals surface area contributed by atoms with Crippen LogP contribution in [-0.4, -0.2) is 23.1 Å². The number of fused-ring (bicyclic) bond motifs is 3. The number of hydrogen-bond acceptors (Lipinski definition) is 3. The molecule has 4 aliphatic carbocycles. The Morgan fingerprint density at radius 2 is 1.72 bits per heavy atom. The first-order valence-corrected chi connectivity index (χ1v) is 11.3. The summed E-state index contributed by atoms with van der Waals surface area (Å²) in [7, 11) is 0. The molecular formula is C25H36O4. The molecule has 3 saturated carbocycles. The summed E-state index contributed by atoms with van der Waals surface area (Å²) in [4.78, 5) is 25.0. The Morgan fingerprint density at radius 1 is 1.03 bits per heavy atom. The zero-order chi connectivity index (χ0) is 21.2. The van der Waals surface area contributed by atoms with Crippen LogP contribution in [-0.2, 0) is 14.3 Å². The zero-order valence-electron chi connectivity index (χ0n) is 18.6. The van der Waals surface area contributed by atoms with Crippen molar-refractivity contribution in [2.45, 2.75) is 85.7 Å². The number of carboxylic acids is 1. The number of hydrogen-bond donors (Lipinski definition) is 1. The van der Waals surface area contributed by atoms with E-state index in [1.165, 1.54) is 0 Å². The first-order valence-electron chi connectivity index (χ1n) is 11.3. The third-order valence-corrected chi connectivity index (χ3v) is 9.59. The van der Waals surface area contributed by atoms with E-state index in [2.05, 4.69) is 26.0 Å². The summed E-state index contributed by atoms with van der Waals surface area (Å²) in [6, 6.07) is 0. The maximum absolute atomic E-state index is 12.7. The number of allylic oxidation sites excluding steroid dienone is 1. The molecule has 1 N–H and O–H groups in total. The first kappa shape index (κ1) is 20.7. The summed E-state index contributed by atoms with van der Waals surface area (Å²) in [5, 5.41) is 10.1. The van der Waals surface area contributed by atoms with Crippen molar-refractivity contribution in [1.29, 1.82) is 0 Å². The smallest absolute Gasteiger partial charge is 0.333 e. The maximum Gasteiger partial charge on any atom is 0.333 e. The van der Waals surface area contributed by atoms with Crippen LogP contribution in [0.5, 0.6) is 0 Å². The van der Waals surface area contributed by atoms with Crippen molar-refractivity contribution in [1.82, 2.24) is 0 Å². The van der Waals surface area contributed by atoms with Gasteiger partial charge in [0.05, 0.1) is 5.41 Å². The highest BCUT2D eigenvalue weighted by atomic mass is 16.5. The predicted octanol–water partition coefficient (Wildman–Crippen LogP) is 5.53. The van der Waals surface area contributed by atoms with E-state index in [-0.39, 0.29) is 34.2 Å². The van der Waals surface area contributed by atoms with Crippen molar-refractivity contribution < 1.29 is 19.4 Å². The molecule has 3 fully saturated rings. The lowest BCUT2D eigenvalue weighted by atomic mass is 9.39. The number of carboxylic acid groups (broad SMARTS) is 1. The van der Waals surface area contributed by atoms with E-state index < -0.39 is 11.4 Å². The van der Waals surface area contributed by atoms with Crippen LogP contribution in [0.25, 0.3) is 0 Å². The minimum atomic E-state index is -0.647. The quantitative estimate of drug-likeness (QED) is 0.384. The van der Waals surface area contributed by atoms with E-state index >= 15 is 0 Å². The second-order valence-corrected chi connectivity index (χ2v) is 11.0. The van der Waals surface area contributed by atoms with Crippen LogP contribution in [0.2, 0.25) is 0 Å². The standard InChI is InChI=1S/C25H36O4/c1-6-16(2)19(26)29-20-22(3)12-8-18-23(4)10-7-11-24(5,21(27)28)17(23)9-13-25(18,20)15-14-22/h6,14-15,17-18,20H,7-13H2,1-5H3,(H,27,28)/b16-6+/t17-,18-,20-,22+,23+,24+,25+/m0/s1. The van der Waals surface area contributed by atoms with Crippen LogP contribution >= 0.6 is 0 Å². The van der Waals surface area contributed by atoms with Gasteiger partial charge in [0, 0.05) is 16.4 Å². The number of carbonyl (C=O) groups excluding carboxylic acids is 1. The van der Waals surface area contributed by atoms with Gasteiger partial charge in [-0.2, -0.15) is 0 Å². The van der Waals surface area contributed by atoms with Crippen LogP contribution < -0.4 is 0 Å². The molecule has 0 amide bonds. The highest BCUT2D eigenvalue weighted by molar-refractivity contribution is 5.88. The van der Waals surface area contributed by atoms with Gasteiger partial charge in [0.2, 0.25) is 0 Å². The average Bonchev–Trinajstić information content (AvgIpc) is 2.83. The summed E-state index contributed by atoms with van der Waals surface area (Å²) in [6.07, 6.45) is 13.0. The van der Waals surface area contributed by atoms with E-state index in [0.717, 1.165) is 44.9 Å². The van der Waals surface area contributed by atoms with Crippen LogP contribution in [0.1, 0.15) is 79.6 Å². The molecule has 4 aliphatic rings. The molecule has 160 valence electrons. The normalized spacial score (nSPS) is 48.6. The monoisotopic (exact) mass is 400 g/mol. The molecule has 4 nitrogen and oxygen atoms in total. The molecule has 29 heavy (non-hydrogen) atoms. The molecular weight excluding hydrogens is 364 g/mol. The number of esters is 1. The van der Waals surface area contributed by atoms with Gasteiger partial charge in [-0.3, -0.25) is 4.79 Å². The van der Waals surface area contributed by atoms with Crippen molar-refractivity contribution in [3.05, 3.63) is 23.8 Å². The Balaban J connectivity index is 1.74. The molecule has 2 bridgehead atoms. The van der Waals surface area contributed by atoms with Gasteiger partial charge in [-0.05, 0) is 76.5 Å². The van der Waals surface area contributed by atoms with Crippen molar-refractivity contribution in [3.8, 4) is 0 Å². The number of ether oxygens (including phenoxy) is 1. The van der Waals surface area contributed by atoms with Crippen molar-refractivity contribution in [2.24, 2.45) is 33.5 Å². The lowest BCUT2D eigenvalue weighted by Crippen LogP contribution is -2.63. The average molecular weight is 401 g/mol. The summed E-state index contributed by atoms with van der Waals surface area (Å²) < 4.78 is 6.23. The largest absolute Gasteiger partial charge is 0.481 e. The Bertz CT molecular complexity index is 797. The Kier molecular flexibility index (Phi) is 4.61. The summed E-state index contributed by atoms with van der Waals surface area (Å²) in [6.45, 7) is 10.2. The highest BCUT2D eigenvalue weighted by Gasteiger charge is 2.69. The molecule has 7 atom stereocenters.